The summed E-state index contributed by atoms with van der Waals surface area (Å²) in [6, 6.07) is 4.20. The molecule has 28 heavy (non-hydrogen) atoms. The van der Waals surface area contributed by atoms with Crippen molar-refractivity contribution in [3.05, 3.63) is 29.2 Å². The van der Waals surface area contributed by atoms with E-state index in [0.717, 1.165) is 43.4 Å². The van der Waals surface area contributed by atoms with E-state index in [-0.39, 0.29) is 5.91 Å². The summed E-state index contributed by atoms with van der Waals surface area (Å²) >= 11 is 0. The Bertz CT molecular complexity index is 866. The van der Waals surface area contributed by atoms with Gasteiger partial charge in [-0.3, -0.25) is 4.79 Å². The van der Waals surface area contributed by atoms with E-state index >= 15 is 0 Å². The molecular weight excluding hydrogens is 348 g/mol. The lowest BCUT2D eigenvalue weighted by Gasteiger charge is -2.18. The maximum Gasteiger partial charge on any atom is 0.274 e. The molecule has 5 heteroatoms. The molecule has 1 amide bonds. The van der Waals surface area contributed by atoms with Gasteiger partial charge in [0.25, 0.3) is 5.91 Å². The van der Waals surface area contributed by atoms with Crippen LogP contribution in [0.3, 0.4) is 0 Å². The van der Waals surface area contributed by atoms with Gasteiger partial charge >= 0.3 is 0 Å². The molecule has 2 atom stereocenters. The van der Waals surface area contributed by atoms with Gasteiger partial charge in [-0.25, -0.2) is 9.50 Å². The van der Waals surface area contributed by atoms with Crippen molar-refractivity contribution in [3.63, 3.8) is 0 Å². The van der Waals surface area contributed by atoms with Crippen LogP contribution in [0.15, 0.2) is 12.1 Å². The fourth-order valence-electron chi connectivity index (χ4n) is 5.57. The molecule has 2 saturated carbocycles. The number of hydrogen-bond donors (Lipinski definition) is 0. The summed E-state index contributed by atoms with van der Waals surface area (Å²) in [4.78, 5) is 20.0. The van der Waals surface area contributed by atoms with Crippen molar-refractivity contribution < 1.29 is 4.79 Å². The van der Waals surface area contributed by atoms with Gasteiger partial charge in [0, 0.05) is 36.5 Å². The van der Waals surface area contributed by atoms with Crippen LogP contribution in [0.4, 0.5) is 0 Å². The lowest BCUT2D eigenvalue weighted by atomic mass is 10.0. The highest BCUT2D eigenvalue weighted by Gasteiger charge is 2.52. The normalized spacial score (nSPS) is 27.7. The van der Waals surface area contributed by atoms with E-state index < -0.39 is 0 Å². The zero-order valence-electron chi connectivity index (χ0n) is 17.2. The van der Waals surface area contributed by atoms with E-state index in [9.17, 15) is 4.79 Å². The quantitative estimate of drug-likeness (QED) is 0.770. The molecule has 2 aromatic heterocycles. The number of nitrogens with zero attached hydrogens (tertiary/aromatic N) is 4. The molecule has 2 aromatic rings. The molecule has 0 spiro atoms. The van der Waals surface area contributed by atoms with E-state index in [1.807, 2.05) is 15.5 Å². The van der Waals surface area contributed by atoms with Crippen molar-refractivity contribution in [3.8, 4) is 0 Å². The third-order valence-electron chi connectivity index (χ3n) is 7.18. The second-order valence-electron chi connectivity index (χ2n) is 9.40. The summed E-state index contributed by atoms with van der Waals surface area (Å²) in [5.41, 5.74) is 3.82. The van der Waals surface area contributed by atoms with Gasteiger partial charge in [0.05, 0.1) is 0 Å². The molecular formula is C23H32N4O. The summed E-state index contributed by atoms with van der Waals surface area (Å²) in [7, 11) is 0. The molecule has 5 rings (SSSR count). The standard InChI is InChI=1S/C23H32N4O/c1-15(2)20-13-18(22-16-9-5-6-10-17(16)22)24-21-14-19(25-27(20)21)23(28)26-11-7-3-4-8-12-26/h13-17,22H,3-12H2,1-2H3. The van der Waals surface area contributed by atoms with Crippen LogP contribution in [0.1, 0.15) is 98.9 Å². The van der Waals surface area contributed by atoms with Crippen molar-refractivity contribution in [1.29, 1.82) is 0 Å². The first-order valence-electron chi connectivity index (χ1n) is 11.3. The summed E-state index contributed by atoms with van der Waals surface area (Å²) in [5, 5.41) is 4.71. The number of rotatable bonds is 3. The van der Waals surface area contributed by atoms with Crippen LogP contribution in [0.5, 0.6) is 0 Å². The minimum absolute atomic E-state index is 0.0729. The highest BCUT2D eigenvalue weighted by atomic mass is 16.2. The Hall–Kier alpha value is -1.91. The van der Waals surface area contributed by atoms with Gasteiger partial charge in [-0.05, 0) is 49.5 Å². The Labute approximate surface area is 167 Å². The number of fused-ring (bicyclic) bond motifs is 2. The lowest BCUT2D eigenvalue weighted by molar-refractivity contribution is 0.0755. The molecule has 3 fully saturated rings. The molecule has 2 aliphatic carbocycles. The highest BCUT2D eigenvalue weighted by Crippen LogP contribution is 2.60. The van der Waals surface area contributed by atoms with Crippen molar-refractivity contribution in [2.75, 3.05) is 13.1 Å². The van der Waals surface area contributed by atoms with Crippen LogP contribution < -0.4 is 0 Å². The predicted octanol–water partition coefficient (Wildman–Crippen LogP) is 4.77. The minimum atomic E-state index is 0.0729. The number of aromatic nitrogens is 3. The Balaban J connectivity index is 1.49. The van der Waals surface area contributed by atoms with Crippen LogP contribution in [-0.4, -0.2) is 38.5 Å². The molecule has 5 nitrogen and oxygen atoms in total. The minimum Gasteiger partial charge on any atom is -0.337 e. The third kappa shape index (κ3) is 3.13. The summed E-state index contributed by atoms with van der Waals surface area (Å²) in [5.74, 6) is 2.73. The van der Waals surface area contributed by atoms with E-state index in [1.54, 1.807) is 0 Å². The number of carbonyl (C=O) groups excluding carboxylic acids is 1. The van der Waals surface area contributed by atoms with E-state index in [4.69, 9.17) is 10.1 Å². The van der Waals surface area contributed by atoms with Gasteiger partial charge < -0.3 is 4.90 Å². The Kier molecular flexibility index (Phi) is 4.64. The average Bonchev–Trinajstić information content (AvgIpc) is 3.36. The van der Waals surface area contributed by atoms with E-state index in [1.165, 1.54) is 49.9 Å². The molecule has 0 bridgehead atoms. The highest BCUT2D eigenvalue weighted by molar-refractivity contribution is 5.93. The monoisotopic (exact) mass is 380 g/mol. The summed E-state index contributed by atoms with van der Waals surface area (Å²) in [6.07, 6.45) is 10.1. The molecule has 3 aliphatic rings. The molecule has 2 unspecified atom stereocenters. The maximum absolute atomic E-state index is 13.1. The van der Waals surface area contributed by atoms with E-state index in [0.29, 0.717) is 17.5 Å². The van der Waals surface area contributed by atoms with Crippen molar-refractivity contribution in [2.45, 2.75) is 77.0 Å². The largest absolute Gasteiger partial charge is 0.337 e. The predicted molar refractivity (Wildman–Crippen MR) is 110 cm³/mol. The van der Waals surface area contributed by atoms with Gasteiger partial charge in [0.15, 0.2) is 11.3 Å². The summed E-state index contributed by atoms with van der Waals surface area (Å²) in [6.45, 7) is 6.12. The Morgan fingerprint density at radius 3 is 2.32 bits per heavy atom. The first kappa shape index (κ1) is 18.1. The van der Waals surface area contributed by atoms with Crippen molar-refractivity contribution >= 4 is 11.6 Å². The molecule has 1 aliphatic heterocycles. The number of hydrogen-bond acceptors (Lipinski definition) is 3. The average molecular weight is 381 g/mol. The third-order valence-corrected chi connectivity index (χ3v) is 7.18. The molecule has 1 saturated heterocycles. The number of carbonyl (C=O) groups is 1. The fourth-order valence-corrected chi connectivity index (χ4v) is 5.57. The van der Waals surface area contributed by atoms with Crippen LogP contribution in [0.2, 0.25) is 0 Å². The van der Waals surface area contributed by atoms with Gasteiger partial charge in [-0.15, -0.1) is 0 Å². The van der Waals surface area contributed by atoms with Crippen molar-refractivity contribution in [1.82, 2.24) is 19.5 Å². The van der Waals surface area contributed by atoms with Gasteiger partial charge in [-0.2, -0.15) is 5.10 Å². The smallest absolute Gasteiger partial charge is 0.274 e. The fraction of sp³-hybridized carbons (Fsp3) is 0.696. The second-order valence-corrected chi connectivity index (χ2v) is 9.40. The molecule has 150 valence electrons. The molecule has 0 aromatic carbocycles. The van der Waals surface area contributed by atoms with Crippen LogP contribution in [0.25, 0.3) is 5.65 Å². The second kappa shape index (κ2) is 7.16. The Morgan fingerprint density at radius 1 is 1.00 bits per heavy atom. The number of amides is 1. The zero-order valence-corrected chi connectivity index (χ0v) is 17.2. The summed E-state index contributed by atoms with van der Waals surface area (Å²) < 4.78 is 1.92. The maximum atomic E-state index is 13.1. The molecule has 0 radical (unpaired) electrons. The first-order chi connectivity index (χ1) is 13.6. The van der Waals surface area contributed by atoms with Crippen LogP contribution in [-0.2, 0) is 0 Å². The zero-order chi connectivity index (χ0) is 19.3. The van der Waals surface area contributed by atoms with Crippen molar-refractivity contribution in [2.24, 2.45) is 11.8 Å². The van der Waals surface area contributed by atoms with E-state index in [2.05, 4.69) is 19.9 Å². The first-order valence-corrected chi connectivity index (χ1v) is 11.3. The molecule has 3 heterocycles. The van der Waals surface area contributed by atoms with Gasteiger partial charge in [0.1, 0.15) is 0 Å². The lowest BCUT2D eigenvalue weighted by Crippen LogP contribution is -2.32. The van der Waals surface area contributed by atoms with Gasteiger partial charge in [0.2, 0.25) is 0 Å². The SMILES string of the molecule is CC(C)c1cc(C2C3CCCCC32)nc2cc(C(=O)N3CCCCCC3)nn12. The topological polar surface area (TPSA) is 50.5 Å². The van der Waals surface area contributed by atoms with Gasteiger partial charge in [-0.1, -0.05) is 39.5 Å². The Morgan fingerprint density at radius 2 is 1.68 bits per heavy atom. The van der Waals surface area contributed by atoms with Crippen LogP contribution in [0, 0.1) is 11.8 Å². The molecule has 0 N–H and O–H groups in total. The van der Waals surface area contributed by atoms with Crippen LogP contribution >= 0.6 is 0 Å². The number of likely N-dealkylation sites (tertiary alicyclic amines) is 1.